The molecule has 0 bridgehead atoms. The van der Waals surface area contributed by atoms with E-state index in [1.54, 1.807) is 0 Å². The molecule has 0 spiro atoms. The summed E-state index contributed by atoms with van der Waals surface area (Å²) in [5, 5.41) is 3.98. The second-order valence-corrected chi connectivity index (χ2v) is 4.87. The minimum atomic E-state index is 0.480. The third-order valence-corrected chi connectivity index (χ3v) is 3.61. The molecule has 2 rings (SSSR count). The van der Waals surface area contributed by atoms with Crippen LogP contribution in [0.3, 0.4) is 0 Å². The van der Waals surface area contributed by atoms with Crippen LogP contribution in [0.1, 0.15) is 10.9 Å². The number of thioether (sulfide) groups is 1. The van der Waals surface area contributed by atoms with Crippen LogP contribution in [-0.4, -0.2) is 26.4 Å². The van der Waals surface area contributed by atoms with Crippen LogP contribution in [0.15, 0.2) is 24.3 Å². The summed E-state index contributed by atoms with van der Waals surface area (Å²) in [4.78, 5) is 2.18. The molecule has 0 radical (unpaired) electrons. The smallest absolute Gasteiger partial charge is 0.0810 e. The number of nitrogens with one attached hydrogen (secondary N) is 1. The average molecular weight is 208 g/mol. The van der Waals surface area contributed by atoms with Gasteiger partial charge in [0.2, 0.25) is 0 Å². The lowest BCUT2D eigenvalue weighted by atomic mass is 10.1. The first-order chi connectivity index (χ1) is 6.79. The minimum Gasteiger partial charge on any atom is -0.377 e. The summed E-state index contributed by atoms with van der Waals surface area (Å²) in [5.41, 5.74) is 2.72. The van der Waals surface area contributed by atoms with Crippen LogP contribution in [0.5, 0.6) is 0 Å². The van der Waals surface area contributed by atoms with Crippen molar-refractivity contribution in [2.24, 2.45) is 0 Å². The van der Waals surface area contributed by atoms with Gasteiger partial charge in [-0.25, -0.2) is 0 Å². The molecule has 76 valence electrons. The van der Waals surface area contributed by atoms with Gasteiger partial charge < -0.3 is 10.2 Å². The van der Waals surface area contributed by atoms with Gasteiger partial charge in [-0.15, -0.1) is 11.8 Å². The SMILES string of the molecule is CN(C)c1ccccc1C1NCCS1. The highest BCUT2D eigenvalue weighted by Gasteiger charge is 2.19. The normalized spacial score (nSPS) is 21.1. The van der Waals surface area contributed by atoms with Gasteiger partial charge in [-0.1, -0.05) is 18.2 Å². The highest BCUT2D eigenvalue weighted by Crippen LogP contribution is 2.35. The predicted octanol–water partition coefficient (Wildman–Crippen LogP) is 2.09. The van der Waals surface area contributed by atoms with Crippen LogP contribution in [0.2, 0.25) is 0 Å². The predicted molar refractivity (Wildman–Crippen MR) is 64.0 cm³/mol. The van der Waals surface area contributed by atoms with Gasteiger partial charge >= 0.3 is 0 Å². The lowest BCUT2D eigenvalue weighted by molar-refractivity contribution is 0.749. The number of benzene rings is 1. The molecule has 0 aromatic heterocycles. The molecule has 1 N–H and O–H groups in total. The molecule has 1 aromatic carbocycles. The lowest BCUT2D eigenvalue weighted by Gasteiger charge is -2.20. The molecule has 14 heavy (non-hydrogen) atoms. The fraction of sp³-hybridized carbons (Fsp3) is 0.455. The van der Waals surface area contributed by atoms with Gasteiger partial charge in [-0.3, -0.25) is 0 Å². The molecule has 1 aromatic rings. The summed E-state index contributed by atoms with van der Waals surface area (Å²) in [7, 11) is 4.19. The van der Waals surface area contributed by atoms with Crippen molar-refractivity contribution in [2.45, 2.75) is 5.37 Å². The molecule has 1 heterocycles. The number of para-hydroxylation sites is 1. The maximum absolute atomic E-state index is 3.50. The monoisotopic (exact) mass is 208 g/mol. The summed E-state index contributed by atoms with van der Waals surface area (Å²) in [5.74, 6) is 1.21. The van der Waals surface area contributed by atoms with Gasteiger partial charge in [0.1, 0.15) is 0 Å². The van der Waals surface area contributed by atoms with Crippen molar-refractivity contribution in [3.63, 3.8) is 0 Å². The Morgan fingerprint density at radius 3 is 2.79 bits per heavy atom. The van der Waals surface area contributed by atoms with Crippen molar-refractivity contribution in [1.29, 1.82) is 0 Å². The van der Waals surface area contributed by atoms with Crippen LogP contribution in [0.4, 0.5) is 5.69 Å². The Kier molecular flexibility index (Phi) is 2.99. The highest BCUT2D eigenvalue weighted by molar-refractivity contribution is 7.99. The summed E-state index contributed by atoms with van der Waals surface area (Å²) >= 11 is 1.99. The standard InChI is InChI=1S/C11H16N2S/c1-13(2)10-6-4-3-5-9(10)11-12-7-8-14-11/h3-6,11-12H,7-8H2,1-2H3. The second-order valence-electron chi connectivity index (χ2n) is 3.66. The molecule has 0 aliphatic carbocycles. The molecule has 1 aliphatic heterocycles. The first-order valence-corrected chi connectivity index (χ1v) is 5.95. The van der Waals surface area contributed by atoms with E-state index in [0.717, 1.165) is 6.54 Å². The Morgan fingerprint density at radius 2 is 2.14 bits per heavy atom. The van der Waals surface area contributed by atoms with E-state index >= 15 is 0 Å². The van der Waals surface area contributed by atoms with Crippen molar-refractivity contribution in [2.75, 3.05) is 31.3 Å². The summed E-state index contributed by atoms with van der Waals surface area (Å²) in [6, 6.07) is 8.60. The topological polar surface area (TPSA) is 15.3 Å². The van der Waals surface area contributed by atoms with Gasteiger partial charge in [0, 0.05) is 37.6 Å². The summed E-state index contributed by atoms with van der Waals surface area (Å²) in [6.45, 7) is 1.12. The third kappa shape index (κ3) is 1.88. The number of nitrogens with zero attached hydrogens (tertiary/aromatic N) is 1. The van der Waals surface area contributed by atoms with E-state index in [2.05, 4.69) is 48.6 Å². The van der Waals surface area contributed by atoms with E-state index in [1.807, 2.05) is 11.8 Å². The molecule has 2 nitrogen and oxygen atoms in total. The van der Waals surface area contributed by atoms with Gasteiger partial charge in [0.15, 0.2) is 0 Å². The summed E-state index contributed by atoms with van der Waals surface area (Å²) < 4.78 is 0. The van der Waals surface area contributed by atoms with Crippen molar-refractivity contribution < 1.29 is 0 Å². The molecule has 3 heteroatoms. The van der Waals surface area contributed by atoms with Gasteiger partial charge in [-0.05, 0) is 6.07 Å². The Morgan fingerprint density at radius 1 is 1.36 bits per heavy atom. The Hall–Kier alpha value is -0.670. The summed E-state index contributed by atoms with van der Waals surface area (Å²) in [6.07, 6.45) is 0. The Bertz CT molecular complexity index is 306. The fourth-order valence-electron chi connectivity index (χ4n) is 1.74. The van der Waals surface area contributed by atoms with E-state index < -0.39 is 0 Å². The van der Waals surface area contributed by atoms with Crippen LogP contribution in [0.25, 0.3) is 0 Å². The van der Waals surface area contributed by atoms with Crippen molar-refractivity contribution >= 4 is 17.4 Å². The number of rotatable bonds is 2. The molecule has 1 fully saturated rings. The third-order valence-electron chi connectivity index (χ3n) is 2.42. The molecular weight excluding hydrogens is 192 g/mol. The van der Waals surface area contributed by atoms with Crippen molar-refractivity contribution in [1.82, 2.24) is 5.32 Å². The van der Waals surface area contributed by atoms with Crippen LogP contribution in [-0.2, 0) is 0 Å². The molecule has 1 atom stereocenters. The first-order valence-electron chi connectivity index (χ1n) is 4.90. The number of hydrogen-bond acceptors (Lipinski definition) is 3. The van der Waals surface area contributed by atoms with E-state index in [9.17, 15) is 0 Å². The first kappa shape index (κ1) is 9.87. The maximum Gasteiger partial charge on any atom is 0.0810 e. The number of hydrogen-bond donors (Lipinski definition) is 1. The average Bonchev–Trinajstić information content (AvgIpc) is 2.70. The van der Waals surface area contributed by atoms with E-state index in [1.165, 1.54) is 17.0 Å². The van der Waals surface area contributed by atoms with E-state index in [0.29, 0.717) is 5.37 Å². The second kappa shape index (κ2) is 4.24. The van der Waals surface area contributed by atoms with E-state index in [4.69, 9.17) is 0 Å². The zero-order valence-electron chi connectivity index (χ0n) is 8.66. The number of anilines is 1. The van der Waals surface area contributed by atoms with Gasteiger partial charge in [0.05, 0.1) is 5.37 Å². The molecule has 0 amide bonds. The Labute approximate surface area is 89.7 Å². The largest absolute Gasteiger partial charge is 0.377 e. The van der Waals surface area contributed by atoms with Gasteiger partial charge in [0.25, 0.3) is 0 Å². The van der Waals surface area contributed by atoms with Crippen molar-refractivity contribution in [3.05, 3.63) is 29.8 Å². The minimum absolute atomic E-state index is 0.480. The molecule has 0 saturated carbocycles. The molecular formula is C11H16N2S. The molecule has 1 unspecified atom stereocenters. The highest BCUT2D eigenvalue weighted by atomic mass is 32.2. The zero-order chi connectivity index (χ0) is 9.97. The van der Waals surface area contributed by atoms with E-state index in [-0.39, 0.29) is 0 Å². The van der Waals surface area contributed by atoms with Gasteiger partial charge in [-0.2, -0.15) is 0 Å². The zero-order valence-corrected chi connectivity index (χ0v) is 9.47. The van der Waals surface area contributed by atoms with Crippen LogP contribution < -0.4 is 10.2 Å². The maximum atomic E-state index is 3.50. The molecule has 1 saturated heterocycles. The fourth-order valence-corrected chi connectivity index (χ4v) is 2.83. The van der Waals surface area contributed by atoms with Crippen molar-refractivity contribution in [3.8, 4) is 0 Å². The van der Waals surface area contributed by atoms with Crippen LogP contribution in [0, 0.1) is 0 Å². The Balaban J connectivity index is 2.30. The van der Waals surface area contributed by atoms with Crippen LogP contribution >= 0.6 is 11.8 Å². The molecule has 1 aliphatic rings. The quantitative estimate of drug-likeness (QED) is 0.801. The lowest BCUT2D eigenvalue weighted by Crippen LogP contribution is -2.17.